The van der Waals surface area contributed by atoms with Gasteiger partial charge in [-0.3, -0.25) is 14.8 Å². The van der Waals surface area contributed by atoms with E-state index in [1.165, 1.54) is 12.1 Å². The van der Waals surface area contributed by atoms with Crippen molar-refractivity contribution in [2.24, 2.45) is 7.05 Å². The molecule has 0 fully saturated rings. The third kappa shape index (κ3) is 2.85. The molecule has 0 aliphatic carbocycles. The fraction of sp³-hybridized carbons (Fsp3) is 0.200. The number of aromatic amines is 1. The second-order valence-electron chi connectivity index (χ2n) is 5.55. The number of nitrogens with zero attached hydrogens (tertiary/aromatic N) is 6. The molecule has 0 aliphatic heterocycles. The molecule has 132 valence electrons. The molecule has 0 radical (unpaired) electrons. The number of nitrogens with one attached hydrogen (secondary N) is 2. The zero-order chi connectivity index (χ0) is 18.1. The number of hydrogen-bond acceptors (Lipinski definition) is 8. The molecule has 4 rings (SSSR count). The van der Waals surface area contributed by atoms with E-state index in [0.29, 0.717) is 18.0 Å². The Morgan fingerprint density at radius 3 is 2.96 bits per heavy atom. The van der Waals surface area contributed by atoms with Crippen LogP contribution in [0.2, 0.25) is 0 Å². The van der Waals surface area contributed by atoms with Gasteiger partial charge in [-0.15, -0.1) is 0 Å². The maximum atomic E-state index is 10.8. The Labute approximate surface area is 146 Å². The van der Waals surface area contributed by atoms with Crippen LogP contribution < -0.4 is 5.32 Å². The number of fused-ring (bicyclic) bond motifs is 1. The van der Waals surface area contributed by atoms with E-state index in [2.05, 4.69) is 30.4 Å². The van der Waals surface area contributed by atoms with Gasteiger partial charge in [-0.1, -0.05) is 0 Å². The van der Waals surface area contributed by atoms with Gasteiger partial charge in [0.1, 0.15) is 10.7 Å². The Bertz CT molecular complexity index is 1070. The number of H-pyrrole nitrogens is 1. The third-order valence-electron chi connectivity index (χ3n) is 3.83. The Morgan fingerprint density at radius 2 is 2.23 bits per heavy atom. The average molecular weight is 354 g/mol. The molecule has 4 heterocycles. The Balaban J connectivity index is 1.67. The molecular formula is C15H14N8O3. The van der Waals surface area contributed by atoms with Crippen molar-refractivity contribution in [3.8, 4) is 11.6 Å². The summed E-state index contributed by atoms with van der Waals surface area (Å²) in [4.78, 5) is 26.1. The van der Waals surface area contributed by atoms with E-state index < -0.39 is 4.92 Å². The van der Waals surface area contributed by atoms with E-state index in [1.54, 1.807) is 30.5 Å². The highest BCUT2D eigenvalue weighted by molar-refractivity contribution is 5.87. The number of aryl methyl sites for hydroxylation is 1. The van der Waals surface area contributed by atoms with Crippen LogP contribution in [-0.4, -0.2) is 41.2 Å². The minimum atomic E-state index is -0.602. The summed E-state index contributed by atoms with van der Waals surface area (Å²) in [5, 5.41) is 19.0. The largest absolute Gasteiger partial charge is 0.433 e. The van der Waals surface area contributed by atoms with Gasteiger partial charge in [-0.2, -0.15) is 5.10 Å². The molecule has 0 bridgehead atoms. The van der Waals surface area contributed by atoms with Crippen molar-refractivity contribution in [2.45, 2.75) is 6.42 Å². The molecule has 0 amide bonds. The van der Waals surface area contributed by atoms with Crippen molar-refractivity contribution in [3.05, 3.63) is 46.7 Å². The zero-order valence-corrected chi connectivity index (χ0v) is 13.7. The van der Waals surface area contributed by atoms with Gasteiger partial charge in [-0.05, 0) is 6.07 Å². The predicted molar refractivity (Wildman–Crippen MR) is 91.4 cm³/mol. The first kappa shape index (κ1) is 15.7. The number of imidazole rings is 1. The Hall–Kier alpha value is -3.76. The van der Waals surface area contributed by atoms with Gasteiger partial charge < -0.3 is 14.7 Å². The summed E-state index contributed by atoms with van der Waals surface area (Å²) in [5.41, 5.74) is 1.59. The lowest BCUT2D eigenvalue weighted by atomic mass is 10.3. The molecule has 2 N–H and O–H groups in total. The van der Waals surface area contributed by atoms with Gasteiger partial charge in [0.2, 0.25) is 0 Å². The molecule has 0 aliphatic rings. The number of anilines is 1. The molecule has 0 aromatic carbocycles. The molecule has 0 saturated heterocycles. The molecule has 4 aromatic rings. The first-order chi connectivity index (χ1) is 12.6. The maximum absolute atomic E-state index is 10.8. The van der Waals surface area contributed by atoms with Crippen LogP contribution in [0.3, 0.4) is 0 Å². The van der Waals surface area contributed by atoms with Gasteiger partial charge in [0.15, 0.2) is 17.2 Å². The summed E-state index contributed by atoms with van der Waals surface area (Å²) >= 11 is 0. The first-order valence-electron chi connectivity index (χ1n) is 7.77. The monoisotopic (exact) mass is 354 g/mol. The van der Waals surface area contributed by atoms with Gasteiger partial charge in [0.05, 0.1) is 24.0 Å². The summed E-state index contributed by atoms with van der Waals surface area (Å²) in [6.07, 6.45) is 5.78. The molecule has 11 nitrogen and oxygen atoms in total. The fourth-order valence-electron chi connectivity index (χ4n) is 2.55. The minimum Gasteiger partial charge on any atom is -0.397 e. The summed E-state index contributed by atoms with van der Waals surface area (Å²) in [7, 11) is 1.76. The van der Waals surface area contributed by atoms with Crippen LogP contribution in [0.1, 0.15) is 5.69 Å². The highest BCUT2D eigenvalue weighted by atomic mass is 16.6. The lowest BCUT2D eigenvalue weighted by Crippen LogP contribution is -2.08. The molecule has 0 unspecified atom stereocenters. The number of aromatic nitrogens is 6. The van der Waals surface area contributed by atoms with E-state index in [1.807, 2.05) is 0 Å². The SMILES string of the molecule is Cn1ncc2c(NCCc3cnc[nH]3)nc(-c3ccc([N+](=O)[O-])o3)nc21. The highest BCUT2D eigenvalue weighted by Gasteiger charge is 2.18. The van der Waals surface area contributed by atoms with Crippen molar-refractivity contribution in [1.29, 1.82) is 0 Å². The summed E-state index contributed by atoms with van der Waals surface area (Å²) in [5.74, 6) is 0.689. The molecule has 0 spiro atoms. The smallest absolute Gasteiger partial charge is 0.397 e. The quantitative estimate of drug-likeness (QED) is 0.395. The van der Waals surface area contributed by atoms with Crippen molar-refractivity contribution < 1.29 is 9.34 Å². The molecule has 4 aromatic heterocycles. The summed E-state index contributed by atoms with van der Waals surface area (Å²) in [6, 6.07) is 2.75. The standard InChI is InChI=1S/C15H14N8O3/c1-22-15-10(7-19-22)13(17-5-4-9-6-16-8-18-9)20-14(21-15)11-2-3-12(26-11)23(24)25/h2-3,6-8H,4-5H2,1H3,(H,16,18)(H,17,20,21). The van der Waals surface area contributed by atoms with Crippen molar-refractivity contribution in [3.63, 3.8) is 0 Å². The van der Waals surface area contributed by atoms with E-state index in [4.69, 9.17) is 4.42 Å². The zero-order valence-electron chi connectivity index (χ0n) is 13.7. The average Bonchev–Trinajstić information content (AvgIpc) is 3.36. The van der Waals surface area contributed by atoms with E-state index >= 15 is 0 Å². The topological polar surface area (TPSA) is 141 Å². The second kappa shape index (κ2) is 6.27. The fourth-order valence-corrected chi connectivity index (χ4v) is 2.55. The second-order valence-corrected chi connectivity index (χ2v) is 5.55. The first-order valence-corrected chi connectivity index (χ1v) is 7.77. The summed E-state index contributed by atoms with van der Waals surface area (Å²) < 4.78 is 6.83. The van der Waals surface area contributed by atoms with Gasteiger partial charge in [0.25, 0.3) is 0 Å². The number of nitro groups is 1. The number of rotatable bonds is 6. The molecule has 11 heteroatoms. The van der Waals surface area contributed by atoms with Gasteiger partial charge >= 0.3 is 5.88 Å². The molecule has 0 saturated carbocycles. The third-order valence-corrected chi connectivity index (χ3v) is 3.83. The van der Waals surface area contributed by atoms with Gasteiger partial charge in [0, 0.05) is 31.9 Å². The molecular weight excluding hydrogens is 340 g/mol. The van der Waals surface area contributed by atoms with Crippen LogP contribution in [0.5, 0.6) is 0 Å². The maximum Gasteiger partial charge on any atom is 0.433 e. The van der Waals surface area contributed by atoms with Crippen LogP contribution in [0.4, 0.5) is 11.7 Å². The van der Waals surface area contributed by atoms with Crippen molar-refractivity contribution in [2.75, 3.05) is 11.9 Å². The van der Waals surface area contributed by atoms with Crippen molar-refractivity contribution >= 4 is 22.7 Å². The normalized spacial score (nSPS) is 11.1. The van der Waals surface area contributed by atoms with E-state index in [9.17, 15) is 10.1 Å². The van der Waals surface area contributed by atoms with E-state index in [0.717, 1.165) is 17.5 Å². The van der Waals surface area contributed by atoms with E-state index in [-0.39, 0.29) is 17.5 Å². The van der Waals surface area contributed by atoms with Crippen LogP contribution in [-0.2, 0) is 13.5 Å². The van der Waals surface area contributed by atoms with Crippen LogP contribution in [0, 0.1) is 10.1 Å². The highest BCUT2D eigenvalue weighted by Crippen LogP contribution is 2.27. The number of furan rings is 1. The minimum absolute atomic E-state index is 0.219. The lowest BCUT2D eigenvalue weighted by Gasteiger charge is -2.07. The summed E-state index contributed by atoms with van der Waals surface area (Å²) in [6.45, 7) is 0.612. The predicted octanol–water partition coefficient (Wildman–Crippen LogP) is 1.91. The van der Waals surface area contributed by atoms with Crippen LogP contribution >= 0.6 is 0 Å². The van der Waals surface area contributed by atoms with Gasteiger partial charge in [-0.25, -0.2) is 15.0 Å². The Morgan fingerprint density at radius 1 is 1.35 bits per heavy atom. The van der Waals surface area contributed by atoms with Crippen molar-refractivity contribution in [1.82, 2.24) is 29.7 Å². The van der Waals surface area contributed by atoms with Crippen LogP contribution in [0.25, 0.3) is 22.6 Å². The Kier molecular flexibility index (Phi) is 3.80. The molecule has 0 atom stereocenters. The van der Waals surface area contributed by atoms with Crippen LogP contribution in [0.15, 0.2) is 35.3 Å². The number of hydrogen-bond donors (Lipinski definition) is 2. The molecule has 26 heavy (non-hydrogen) atoms. The lowest BCUT2D eigenvalue weighted by molar-refractivity contribution is -0.401.